The van der Waals surface area contributed by atoms with E-state index in [-0.39, 0.29) is 11.9 Å². The number of ether oxygens (including phenoxy) is 2. The Morgan fingerprint density at radius 1 is 1.40 bits per heavy atom. The summed E-state index contributed by atoms with van der Waals surface area (Å²) >= 11 is 0. The van der Waals surface area contributed by atoms with Gasteiger partial charge in [0.25, 0.3) is 0 Å². The zero-order valence-corrected chi connectivity index (χ0v) is 12.1. The minimum atomic E-state index is -0.306. The van der Waals surface area contributed by atoms with Crippen molar-refractivity contribution < 1.29 is 13.9 Å². The molecule has 0 aliphatic carbocycles. The average Bonchev–Trinajstić information content (AvgIpc) is 2.42. The lowest BCUT2D eigenvalue weighted by atomic mass is 10.3. The number of aliphatic imine (C=N–C) groups is 1. The predicted octanol–water partition coefficient (Wildman–Crippen LogP) is 1.40. The van der Waals surface area contributed by atoms with Crippen molar-refractivity contribution in [1.82, 2.24) is 10.6 Å². The molecular formula is C14H22FN3O2. The number of benzene rings is 1. The Bertz CT molecular complexity index is 427. The first-order valence-electron chi connectivity index (χ1n) is 6.51. The third-order valence-electron chi connectivity index (χ3n) is 2.51. The number of methoxy groups -OCH3 is 1. The molecular weight excluding hydrogens is 261 g/mol. The monoisotopic (exact) mass is 283 g/mol. The fourth-order valence-corrected chi connectivity index (χ4v) is 1.55. The van der Waals surface area contributed by atoms with Gasteiger partial charge in [0.15, 0.2) is 5.96 Å². The van der Waals surface area contributed by atoms with Crippen molar-refractivity contribution in [3.63, 3.8) is 0 Å². The molecule has 6 heteroatoms. The second kappa shape index (κ2) is 9.14. The molecule has 1 unspecified atom stereocenters. The van der Waals surface area contributed by atoms with Crippen LogP contribution in [0.4, 0.5) is 4.39 Å². The van der Waals surface area contributed by atoms with Crippen LogP contribution in [-0.4, -0.2) is 45.9 Å². The minimum Gasteiger partial charge on any atom is -0.489 e. The van der Waals surface area contributed by atoms with Gasteiger partial charge in [0.2, 0.25) is 0 Å². The molecule has 0 aromatic heterocycles. The maximum atomic E-state index is 13.0. The highest BCUT2D eigenvalue weighted by atomic mass is 19.1. The van der Waals surface area contributed by atoms with E-state index in [4.69, 9.17) is 9.47 Å². The molecule has 1 aromatic carbocycles. The second-order valence-corrected chi connectivity index (χ2v) is 4.26. The standard InChI is InChI=1S/C14H22FN3O2/c1-11(20-13-6-4-5-12(15)9-13)10-18-14(16-2)17-7-8-19-3/h4-6,9,11H,7-8,10H2,1-3H3,(H2,16,17,18). The molecule has 0 saturated carbocycles. The molecule has 0 aliphatic rings. The van der Waals surface area contributed by atoms with E-state index in [9.17, 15) is 4.39 Å². The number of guanidine groups is 1. The molecule has 1 rings (SSSR count). The van der Waals surface area contributed by atoms with Crippen molar-refractivity contribution in [1.29, 1.82) is 0 Å². The quantitative estimate of drug-likeness (QED) is 0.451. The van der Waals surface area contributed by atoms with Crippen molar-refractivity contribution in [3.8, 4) is 5.75 Å². The predicted molar refractivity (Wildman–Crippen MR) is 77.7 cm³/mol. The largest absolute Gasteiger partial charge is 0.489 e. The molecule has 0 heterocycles. The van der Waals surface area contributed by atoms with E-state index in [0.717, 1.165) is 0 Å². The summed E-state index contributed by atoms with van der Waals surface area (Å²) in [5.74, 6) is 0.887. The van der Waals surface area contributed by atoms with E-state index >= 15 is 0 Å². The van der Waals surface area contributed by atoms with Crippen molar-refractivity contribution in [2.75, 3.05) is 33.9 Å². The first kappa shape index (κ1) is 16.2. The first-order chi connectivity index (χ1) is 9.65. The molecule has 0 saturated heterocycles. The maximum absolute atomic E-state index is 13.0. The fourth-order valence-electron chi connectivity index (χ4n) is 1.55. The fraction of sp³-hybridized carbons (Fsp3) is 0.500. The number of nitrogens with one attached hydrogen (secondary N) is 2. The van der Waals surface area contributed by atoms with Crippen LogP contribution in [0.1, 0.15) is 6.92 Å². The van der Waals surface area contributed by atoms with Crippen LogP contribution >= 0.6 is 0 Å². The Balaban J connectivity index is 2.33. The third kappa shape index (κ3) is 6.38. The SMILES string of the molecule is CN=C(NCCOC)NCC(C)Oc1cccc(F)c1. The van der Waals surface area contributed by atoms with Gasteiger partial charge in [-0.1, -0.05) is 6.07 Å². The summed E-state index contributed by atoms with van der Waals surface area (Å²) in [7, 11) is 3.34. The summed E-state index contributed by atoms with van der Waals surface area (Å²) in [6.07, 6.45) is -0.113. The van der Waals surface area contributed by atoms with Crippen LogP contribution in [-0.2, 0) is 4.74 Å². The number of nitrogens with zero attached hydrogens (tertiary/aromatic N) is 1. The molecule has 1 atom stereocenters. The topological polar surface area (TPSA) is 54.9 Å². The normalized spacial score (nSPS) is 12.9. The van der Waals surface area contributed by atoms with Gasteiger partial charge in [-0.15, -0.1) is 0 Å². The molecule has 20 heavy (non-hydrogen) atoms. The van der Waals surface area contributed by atoms with Crippen LogP contribution in [0.2, 0.25) is 0 Å². The Morgan fingerprint density at radius 2 is 2.20 bits per heavy atom. The van der Waals surface area contributed by atoms with E-state index in [2.05, 4.69) is 15.6 Å². The molecule has 0 amide bonds. The number of halogens is 1. The van der Waals surface area contributed by atoms with Gasteiger partial charge in [-0.25, -0.2) is 4.39 Å². The Morgan fingerprint density at radius 3 is 2.85 bits per heavy atom. The van der Waals surface area contributed by atoms with Crippen molar-refractivity contribution >= 4 is 5.96 Å². The van der Waals surface area contributed by atoms with E-state index in [0.29, 0.717) is 31.4 Å². The molecule has 0 radical (unpaired) electrons. The van der Waals surface area contributed by atoms with E-state index in [1.165, 1.54) is 12.1 Å². The third-order valence-corrected chi connectivity index (χ3v) is 2.51. The first-order valence-corrected chi connectivity index (χ1v) is 6.51. The van der Waals surface area contributed by atoms with Gasteiger partial charge in [-0.2, -0.15) is 0 Å². The summed E-state index contributed by atoms with van der Waals surface area (Å²) < 4.78 is 23.6. The average molecular weight is 283 g/mol. The van der Waals surface area contributed by atoms with Gasteiger partial charge >= 0.3 is 0 Å². The van der Waals surface area contributed by atoms with Crippen LogP contribution in [0.25, 0.3) is 0 Å². The van der Waals surface area contributed by atoms with Crippen molar-refractivity contribution in [2.24, 2.45) is 4.99 Å². The van der Waals surface area contributed by atoms with Gasteiger partial charge in [0.05, 0.1) is 13.2 Å². The minimum absolute atomic E-state index is 0.113. The Hall–Kier alpha value is -1.82. The van der Waals surface area contributed by atoms with Gasteiger partial charge < -0.3 is 20.1 Å². The smallest absolute Gasteiger partial charge is 0.191 e. The Labute approximate surface area is 119 Å². The van der Waals surface area contributed by atoms with Gasteiger partial charge in [0, 0.05) is 26.8 Å². The van der Waals surface area contributed by atoms with Crippen LogP contribution in [0.15, 0.2) is 29.3 Å². The molecule has 1 aromatic rings. The highest BCUT2D eigenvalue weighted by Crippen LogP contribution is 2.13. The zero-order chi connectivity index (χ0) is 14.8. The molecule has 5 nitrogen and oxygen atoms in total. The zero-order valence-electron chi connectivity index (χ0n) is 12.1. The Kier molecular flexibility index (Phi) is 7.42. The van der Waals surface area contributed by atoms with Gasteiger partial charge in [0.1, 0.15) is 17.7 Å². The van der Waals surface area contributed by atoms with Gasteiger partial charge in [-0.3, -0.25) is 4.99 Å². The van der Waals surface area contributed by atoms with E-state index < -0.39 is 0 Å². The van der Waals surface area contributed by atoms with Crippen molar-refractivity contribution in [3.05, 3.63) is 30.1 Å². The maximum Gasteiger partial charge on any atom is 0.191 e. The lowest BCUT2D eigenvalue weighted by Gasteiger charge is -2.17. The number of hydrogen-bond acceptors (Lipinski definition) is 3. The lowest BCUT2D eigenvalue weighted by Crippen LogP contribution is -2.42. The summed E-state index contributed by atoms with van der Waals surface area (Å²) in [6.45, 7) is 3.74. The lowest BCUT2D eigenvalue weighted by molar-refractivity contribution is 0.203. The van der Waals surface area contributed by atoms with Crippen LogP contribution in [0, 0.1) is 5.82 Å². The summed E-state index contributed by atoms with van der Waals surface area (Å²) in [5.41, 5.74) is 0. The van der Waals surface area contributed by atoms with Crippen molar-refractivity contribution in [2.45, 2.75) is 13.0 Å². The molecule has 0 spiro atoms. The summed E-state index contributed by atoms with van der Waals surface area (Å²) in [5, 5.41) is 6.22. The highest BCUT2D eigenvalue weighted by molar-refractivity contribution is 5.79. The van der Waals surface area contributed by atoms with Crippen LogP contribution in [0.5, 0.6) is 5.75 Å². The second-order valence-electron chi connectivity index (χ2n) is 4.26. The molecule has 112 valence electrons. The van der Waals surface area contributed by atoms with Gasteiger partial charge in [-0.05, 0) is 19.1 Å². The summed E-state index contributed by atoms with van der Waals surface area (Å²) in [4.78, 5) is 4.08. The number of rotatable bonds is 7. The van der Waals surface area contributed by atoms with Crippen LogP contribution < -0.4 is 15.4 Å². The van der Waals surface area contributed by atoms with E-state index in [1.807, 2.05) is 6.92 Å². The van der Waals surface area contributed by atoms with E-state index in [1.54, 1.807) is 26.3 Å². The molecule has 0 bridgehead atoms. The highest BCUT2D eigenvalue weighted by Gasteiger charge is 2.06. The summed E-state index contributed by atoms with van der Waals surface area (Å²) in [6, 6.07) is 6.10. The molecule has 0 aliphatic heterocycles. The molecule has 0 fully saturated rings. The van der Waals surface area contributed by atoms with Crippen LogP contribution in [0.3, 0.4) is 0 Å². The molecule has 2 N–H and O–H groups in total. The number of hydrogen-bond donors (Lipinski definition) is 2.